The SMILES string of the molecule is N#CC(C(=O)Cc1ccccc1)c1sccc1CCl. The van der Waals surface area contributed by atoms with Crippen molar-refractivity contribution < 1.29 is 4.79 Å². The first-order chi connectivity index (χ1) is 9.26. The molecule has 19 heavy (non-hydrogen) atoms. The number of nitrogens with zero attached hydrogens (tertiary/aromatic N) is 1. The third-order valence-corrected chi connectivity index (χ3v) is 4.17. The Morgan fingerprint density at radius 2 is 2.05 bits per heavy atom. The Morgan fingerprint density at radius 1 is 1.32 bits per heavy atom. The molecule has 0 saturated carbocycles. The summed E-state index contributed by atoms with van der Waals surface area (Å²) in [7, 11) is 0. The molecule has 0 fully saturated rings. The number of halogens is 1. The minimum atomic E-state index is -0.714. The van der Waals surface area contributed by atoms with Crippen molar-refractivity contribution in [2.24, 2.45) is 0 Å². The van der Waals surface area contributed by atoms with E-state index >= 15 is 0 Å². The molecule has 0 saturated heterocycles. The van der Waals surface area contributed by atoms with E-state index in [2.05, 4.69) is 6.07 Å². The highest BCUT2D eigenvalue weighted by Gasteiger charge is 2.23. The van der Waals surface area contributed by atoms with E-state index in [-0.39, 0.29) is 12.2 Å². The highest BCUT2D eigenvalue weighted by Crippen LogP contribution is 2.28. The summed E-state index contributed by atoms with van der Waals surface area (Å²) in [6.45, 7) is 0. The molecular weight excluding hydrogens is 278 g/mol. The molecule has 4 heteroatoms. The fourth-order valence-electron chi connectivity index (χ4n) is 1.89. The molecule has 1 aromatic heterocycles. The molecular formula is C15H12ClNOS. The van der Waals surface area contributed by atoms with Gasteiger partial charge in [-0.1, -0.05) is 30.3 Å². The van der Waals surface area contributed by atoms with E-state index in [0.29, 0.717) is 5.88 Å². The van der Waals surface area contributed by atoms with Gasteiger partial charge in [-0.05, 0) is 22.6 Å². The van der Waals surface area contributed by atoms with Gasteiger partial charge in [0.2, 0.25) is 0 Å². The van der Waals surface area contributed by atoms with E-state index in [1.54, 1.807) is 0 Å². The number of nitriles is 1. The second-order valence-electron chi connectivity index (χ2n) is 4.13. The number of ketones is 1. The van der Waals surface area contributed by atoms with E-state index in [4.69, 9.17) is 11.6 Å². The van der Waals surface area contributed by atoms with Crippen LogP contribution >= 0.6 is 22.9 Å². The lowest BCUT2D eigenvalue weighted by atomic mass is 9.96. The summed E-state index contributed by atoms with van der Waals surface area (Å²) in [5.74, 6) is -0.466. The monoisotopic (exact) mass is 289 g/mol. The van der Waals surface area contributed by atoms with Gasteiger partial charge in [-0.25, -0.2) is 0 Å². The number of hydrogen-bond donors (Lipinski definition) is 0. The topological polar surface area (TPSA) is 40.9 Å². The summed E-state index contributed by atoms with van der Waals surface area (Å²) < 4.78 is 0. The fourth-order valence-corrected chi connectivity index (χ4v) is 3.19. The predicted molar refractivity (Wildman–Crippen MR) is 77.4 cm³/mol. The maximum absolute atomic E-state index is 12.3. The van der Waals surface area contributed by atoms with Crippen molar-refractivity contribution in [2.75, 3.05) is 0 Å². The van der Waals surface area contributed by atoms with Gasteiger partial charge in [0.15, 0.2) is 5.78 Å². The highest BCUT2D eigenvalue weighted by molar-refractivity contribution is 7.10. The van der Waals surface area contributed by atoms with E-state index in [1.165, 1.54) is 11.3 Å². The quantitative estimate of drug-likeness (QED) is 0.783. The molecule has 0 aliphatic rings. The van der Waals surface area contributed by atoms with Crippen LogP contribution in [0.3, 0.4) is 0 Å². The molecule has 2 nitrogen and oxygen atoms in total. The van der Waals surface area contributed by atoms with E-state index in [9.17, 15) is 10.1 Å². The Hall–Kier alpha value is -1.63. The van der Waals surface area contributed by atoms with Crippen molar-refractivity contribution in [3.63, 3.8) is 0 Å². The Morgan fingerprint density at radius 3 is 2.68 bits per heavy atom. The maximum atomic E-state index is 12.3. The van der Waals surface area contributed by atoms with Crippen LogP contribution < -0.4 is 0 Å². The van der Waals surface area contributed by atoms with Gasteiger partial charge >= 0.3 is 0 Å². The first-order valence-electron chi connectivity index (χ1n) is 5.84. The van der Waals surface area contributed by atoms with Crippen LogP contribution in [0.4, 0.5) is 0 Å². The molecule has 2 rings (SSSR count). The molecule has 0 bridgehead atoms. The van der Waals surface area contributed by atoms with Crippen LogP contribution in [-0.4, -0.2) is 5.78 Å². The Bertz CT molecular complexity index is 600. The molecule has 1 unspecified atom stereocenters. The Kier molecular flexibility index (Phi) is 4.73. The lowest BCUT2D eigenvalue weighted by Gasteiger charge is -2.08. The predicted octanol–water partition coefficient (Wildman–Crippen LogP) is 3.91. The zero-order chi connectivity index (χ0) is 13.7. The molecule has 1 atom stereocenters. The number of benzene rings is 1. The van der Waals surface area contributed by atoms with Gasteiger partial charge in [0.05, 0.1) is 6.07 Å². The number of hydrogen-bond acceptors (Lipinski definition) is 3. The summed E-state index contributed by atoms with van der Waals surface area (Å²) >= 11 is 7.24. The largest absolute Gasteiger partial charge is 0.297 e. The smallest absolute Gasteiger partial charge is 0.159 e. The molecule has 1 aromatic carbocycles. The van der Waals surface area contributed by atoms with E-state index < -0.39 is 5.92 Å². The molecule has 2 aromatic rings. The highest BCUT2D eigenvalue weighted by atomic mass is 35.5. The van der Waals surface area contributed by atoms with Crippen molar-refractivity contribution in [3.05, 3.63) is 57.8 Å². The second-order valence-corrected chi connectivity index (χ2v) is 5.35. The molecule has 0 amide bonds. The van der Waals surface area contributed by atoms with Crippen LogP contribution in [-0.2, 0) is 17.1 Å². The molecule has 0 radical (unpaired) electrons. The second kappa shape index (κ2) is 6.51. The summed E-state index contributed by atoms with van der Waals surface area (Å²) in [6.07, 6.45) is 0.276. The first-order valence-corrected chi connectivity index (χ1v) is 7.26. The standard InChI is InChI=1S/C15H12ClNOS/c16-9-12-6-7-19-15(12)13(10-17)14(18)8-11-4-2-1-3-5-11/h1-7,13H,8-9H2. The van der Waals surface area contributed by atoms with Gasteiger partial charge in [-0.3, -0.25) is 4.79 Å². The summed E-state index contributed by atoms with van der Waals surface area (Å²) in [5.41, 5.74) is 1.80. The molecule has 0 N–H and O–H groups in total. The first kappa shape index (κ1) is 13.8. The summed E-state index contributed by atoms with van der Waals surface area (Å²) in [5, 5.41) is 11.1. The number of rotatable bonds is 5. The Labute approximate surface area is 121 Å². The van der Waals surface area contributed by atoms with Gasteiger partial charge in [0.1, 0.15) is 5.92 Å². The normalized spacial score (nSPS) is 11.8. The number of carbonyl (C=O) groups excluding carboxylic acids is 1. The van der Waals surface area contributed by atoms with Crippen LogP contribution in [0, 0.1) is 11.3 Å². The fraction of sp³-hybridized carbons (Fsp3) is 0.200. The van der Waals surface area contributed by atoms with Gasteiger partial charge in [-0.15, -0.1) is 22.9 Å². The third kappa shape index (κ3) is 3.23. The lowest BCUT2D eigenvalue weighted by Crippen LogP contribution is -2.13. The van der Waals surface area contributed by atoms with Crippen molar-refractivity contribution in [1.29, 1.82) is 5.26 Å². The maximum Gasteiger partial charge on any atom is 0.159 e. The van der Waals surface area contributed by atoms with E-state index in [1.807, 2.05) is 41.8 Å². The molecule has 0 aliphatic heterocycles. The van der Waals surface area contributed by atoms with Crippen LogP contribution in [0.5, 0.6) is 0 Å². The van der Waals surface area contributed by atoms with Gasteiger partial charge < -0.3 is 0 Å². The summed E-state index contributed by atoms with van der Waals surface area (Å²) in [6, 6.07) is 13.4. The van der Waals surface area contributed by atoms with Gasteiger partial charge in [0, 0.05) is 17.2 Å². The molecule has 96 valence electrons. The minimum absolute atomic E-state index is 0.0810. The van der Waals surface area contributed by atoms with Crippen molar-refractivity contribution in [1.82, 2.24) is 0 Å². The number of thiophene rings is 1. The van der Waals surface area contributed by atoms with Crippen molar-refractivity contribution in [2.45, 2.75) is 18.2 Å². The van der Waals surface area contributed by atoms with Gasteiger partial charge in [0.25, 0.3) is 0 Å². The van der Waals surface area contributed by atoms with Crippen LogP contribution in [0.2, 0.25) is 0 Å². The van der Waals surface area contributed by atoms with Crippen LogP contribution in [0.25, 0.3) is 0 Å². The van der Waals surface area contributed by atoms with Crippen molar-refractivity contribution in [3.8, 4) is 6.07 Å². The van der Waals surface area contributed by atoms with Crippen LogP contribution in [0.15, 0.2) is 41.8 Å². The lowest BCUT2D eigenvalue weighted by molar-refractivity contribution is -0.118. The zero-order valence-electron chi connectivity index (χ0n) is 10.2. The zero-order valence-corrected chi connectivity index (χ0v) is 11.7. The molecule has 0 aliphatic carbocycles. The van der Waals surface area contributed by atoms with Crippen LogP contribution in [0.1, 0.15) is 21.9 Å². The molecule has 0 spiro atoms. The van der Waals surface area contributed by atoms with E-state index in [0.717, 1.165) is 16.0 Å². The Balaban J connectivity index is 2.19. The number of Topliss-reactive ketones (excluding diaryl/α,β-unsaturated/α-hetero) is 1. The van der Waals surface area contributed by atoms with Gasteiger partial charge in [-0.2, -0.15) is 5.26 Å². The third-order valence-electron chi connectivity index (χ3n) is 2.86. The summed E-state index contributed by atoms with van der Waals surface area (Å²) in [4.78, 5) is 13.0. The molecule has 1 heterocycles. The average Bonchev–Trinajstić information content (AvgIpc) is 2.89. The number of carbonyl (C=O) groups is 1. The van der Waals surface area contributed by atoms with Crippen molar-refractivity contribution >= 4 is 28.7 Å². The average molecular weight is 290 g/mol. The number of alkyl halides is 1. The minimum Gasteiger partial charge on any atom is -0.297 e.